The van der Waals surface area contributed by atoms with Crippen LogP contribution in [0.2, 0.25) is 0 Å². The quantitative estimate of drug-likeness (QED) is 0.850. The monoisotopic (exact) mass is 291 g/mol. The first-order valence-corrected chi connectivity index (χ1v) is 6.81. The lowest BCUT2D eigenvalue weighted by molar-refractivity contribution is 0.320. The van der Waals surface area contributed by atoms with E-state index in [0.717, 1.165) is 17.7 Å². The van der Waals surface area contributed by atoms with Crippen LogP contribution in [-0.4, -0.2) is 27.9 Å². The van der Waals surface area contributed by atoms with Gasteiger partial charge >= 0.3 is 0 Å². The highest BCUT2D eigenvalue weighted by atomic mass is 16.5. The second kappa shape index (κ2) is 7.04. The molecule has 0 radical (unpaired) electrons. The molecule has 1 aromatic carbocycles. The molecule has 0 aliphatic rings. The van der Waals surface area contributed by atoms with E-state index < -0.39 is 0 Å². The molecule has 1 aromatic heterocycles. The summed E-state index contributed by atoms with van der Waals surface area (Å²) in [5, 5.41) is 3.43. The molecule has 0 fully saturated rings. The third-order valence-electron chi connectivity index (χ3n) is 3.33. The van der Waals surface area contributed by atoms with Gasteiger partial charge in [-0.1, -0.05) is 6.92 Å². The van der Waals surface area contributed by atoms with Gasteiger partial charge in [0.2, 0.25) is 5.75 Å². The standard InChI is InChI=1S/C16H21NO4/c1-5-17-14(11-8-9-21-10-11)12-6-7-13(18-2)16(20-4)15(12)19-3/h6-10,14,17H,5H2,1-4H3. The van der Waals surface area contributed by atoms with Crippen molar-refractivity contribution in [2.75, 3.05) is 27.9 Å². The first-order chi connectivity index (χ1) is 10.3. The summed E-state index contributed by atoms with van der Waals surface area (Å²) >= 11 is 0. The molecule has 1 atom stereocenters. The lowest BCUT2D eigenvalue weighted by Gasteiger charge is -2.22. The van der Waals surface area contributed by atoms with Crippen LogP contribution in [0.25, 0.3) is 0 Å². The van der Waals surface area contributed by atoms with Crippen LogP contribution in [0.5, 0.6) is 17.2 Å². The van der Waals surface area contributed by atoms with Crippen LogP contribution in [0.15, 0.2) is 35.1 Å². The first-order valence-electron chi connectivity index (χ1n) is 6.81. The highest BCUT2D eigenvalue weighted by molar-refractivity contribution is 5.58. The van der Waals surface area contributed by atoms with E-state index in [1.807, 2.05) is 18.2 Å². The van der Waals surface area contributed by atoms with Crippen molar-refractivity contribution in [3.63, 3.8) is 0 Å². The molecule has 5 heteroatoms. The Bertz CT molecular complexity index is 566. The number of hydrogen-bond acceptors (Lipinski definition) is 5. The van der Waals surface area contributed by atoms with Crippen molar-refractivity contribution in [3.05, 3.63) is 41.9 Å². The van der Waals surface area contributed by atoms with Crippen molar-refractivity contribution >= 4 is 0 Å². The summed E-state index contributed by atoms with van der Waals surface area (Å²) in [6.07, 6.45) is 3.39. The Morgan fingerprint density at radius 1 is 1.05 bits per heavy atom. The summed E-state index contributed by atoms with van der Waals surface area (Å²) < 4.78 is 21.5. The Kier molecular flexibility index (Phi) is 5.11. The molecule has 0 saturated heterocycles. The maximum absolute atomic E-state index is 5.56. The number of methoxy groups -OCH3 is 3. The third kappa shape index (κ3) is 2.97. The van der Waals surface area contributed by atoms with Crippen molar-refractivity contribution in [1.29, 1.82) is 0 Å². The number of furan rings is 1. The van der Waals surface area contributed by atoms with E-state index in [0.29, 0.717) is 17.2 Å². The average Bonchev–Trinajstić information content (AvgIpc) is 3.05. The molecular formula is C16H21NO4. The van der Waals surface area contributed by atoms with Crippen LogP contribution >= 0.6 is 0 Å². The summed E-state index contributed by atoms with van der Waals surface area (Å²) in [5.74, 6) is 1.88. The molecule has 0 aliphatic carbocycles. The van der Waals surface area contributed by atoms with E-state index in [4.69, 9.17) is 18.6 Å². The number of benzene rings is 1. The summed E-state index contributed by atoms with van der Waals surface area (Å²) in [6, 6.07) is 5.74. The Morgan fingerprint density at radius 2 is 1.81 bits per heavy atom. The Hall–Kier alpha value is -2.14. The Labute approximate surface area is 124 Å². The number of rotatable bonds is 7. The molecule has 0 spiro atoms. The Morgan fingerprint density at radius 3 is 2.33 bits per heavy atom. The molecule has 5 nitrogen and oxygen atoms in total. The fraction of sp³-hybridized carbons (Fsp3) is 0.375. The Balaban J connectivity index is 2.55. The smallest absolute Gasteiger partial charge is 0.203 e. The largest absolute Gasteiger partial charge is 0.493 e. The first kappa shape index (κ1) is 15.3. The highest BCUT2D eigenvalue weighted by Gasteiger charge is 2.23. The molecule has 21 heavy (non-hydrogen) atoms. The second-order valence-corrected chi connectivity index (χ2v) is 4.47. The normalized spacial score (nSPS) is 12.0. The van der Waals surface area contributed by atoms with Gasteiger partial charge in [-0.3, -0.25) is 0 Å². The van der Waals surface area contributed by atoms with Gasteiger partial charge < -0.3 is 23.9 Å². The molecule has 0 saturated carbocycles. The van der Waals surface area contributed by atoms with E-state index in [-0.39, 0.29) is 6.04 Å². The second-order valence-electron chi connectivity index (χ2n) is 4.47. The molecule has 1 unspecified atom stereocenters. The summed E-state index contributed by atoms with van der Waals surface area (Å²) in [7, 11) is 4.83. The SMILES string of the molecule is CCNC(c1ccoc1)c1ccc(OC)c(OC)c1OC. The van der Waals surface area contributed by atoms with Crippen LogP contribution < -0.4 is 19.5 Å². The van der Waals surface area contributed by atoms with Gasteiger partial charge in [-0.2, -0.15) is 0 Å². The van der Waals surface area contributed by atoms with Crippen LogP contribution in [0.1, 0.15) is 24.1 Å². The van der Waals surface area contributed by atoms with Crippen molar-refractivity contribution in [1.82, 2.24) is 5.32 Å². The van der Waals surface area contributed by atoms with Gasteiger partial charge in [-0.15, -0.1) is 0 Å². The summed E-state index contributed by atoms with van der Waals surface area (Å²) in [5.41, 5.74) is 2.00. The zero-order chi connectivity index (χ0) is 15.2. The maximum Gasteiger partial charge on any atom is 0.203 e. The molecule has 0 aliphatic heterocycles. The van der Waals surface area contributed by atoms with Crippen LogP contribution in [0.4, 0.5) is 0 Å². The lowest BCUT2D eigenvalue weighted by Crippen LogP contribution is -2.22. The molecule has 1 N–H and O–H groups in total. The number of ether oxygens (including phenoxy) is 3. The minimum absolute atomic E-state index is 0.0384. The average molecular weight is 291 g/mol. The molecule has 0 amide bonds. The topological polar surface area (TPSA) is 52.9 Å². The molecule has 114 valence electrons. The van der Waals surface area contributed by atoms with Crippen LogP contribution in [-0.2, 0) is 0 Å². The van der Waals surface area contributed by atoms with Crippen LogP contribution in [0, 0.1) is 0 Å². The van der Waals surface area contributed by atoms with Crippen LogP contribution in [0.3, 0.4) is 0 Å². The lowest BCUT2D eigenvalue weighted by atomic mass is 9.99. The van der Waals surface area contributed by atoms with Crippen molar-refractivity contribution in [2.45, 2.75) is 13.0 Å². The maximum atomic E-state index is 5.56. The fourth-order valence-corrected chi connectivity index (χ4v) is 2.40. The van der Waals surface area contributed by atoms with Crippen molar-refractivity contribution in [2.24, 2.45) is 0 Å². The molecule has 1 heterocycles. The molecule has 0 bridgehead atoms. The van der Waals surface area contributed by atoms with Gasteiger partial charge in [0.25, 0.3) is 0 Å². The predicted molar refractivity (Wildman–Crippen MR) is 80.3 cm³/mol. The van der Waals surface area contributed by atoms with Gasteiger partial charge in [0, 0.05) is 11.1 Å². The van der Waals surface area contributed by atoms with Gasteiger partial charge in [0.05, 0.1) is 39.9 Å². The van der Waals surface area contributed by atoms with Crippen molar-refractivity contribution < 1.29 is 18.6 Å². The van der Waals surface area contributed by atoms with E-state index >= 15 is 0 Å². The van der Waals surface area contributed by atoms with E-state index in [9.17, 15) is 0 Å². The van der Waals surface area contributed by atoms with Gasteiger partial charge in [-0.05, 0) is 24.7 Å². The van der Waals surface area contributed by atoms with E-state index in [1.54, 1.807) is 33.9 Å². The minimum atomic E-state index is -0.0384. The van der Waals surface area contributed by atoms with Gasteiger partial charge in [0.1, 0.15) is 0 Å². The van der Waals surface area contributed by atoms with Gasteiger partial charge in [-0.25, -0.2) is 0 Å². The molecular weight excluding hydrogens is 270 g/mol. The van der Waals surface area contributed by atoms with Crippen molar-refractivity contribution in [3.8, 4) is 17.2 Å². The zero-order valence-corrected chi connectivity index (χ0v) is 12.8. The summed E-state index contributed by atoms with van der Waals surface area (Å²) in [6.45, 7) is 2.87. The highest BCUT2D eigenvalue weighted by Crippen LogP contribution is 2.43. The zero-order valence-electron chi connectivity index (χ0n) is 12.8. The summed E-state index contributed by atoms with van der Waals surface area (Å²) in [4.78, 5) is 0. The fourth-order valence-electron chi connectivity index (χ4n) is 2.40. The van der Waals surface area contributed by atoms with E-state index in [2.05, 4.69) is 12.2 Å². The third-order valence-corrected chi connectivity index (χ3v) is 3.33. The van der Waals surface area contributed by atoms with E-state index in [1.165, 1.54) is 0 Å². The number of hydrogen-bond donors (Lipinski definition) is 1. The molecule has 2 rings (SSSR count). The van der Waals surface area contributed by atoms with Gasteiger partial charge in [0.15, 0.2) is 11.5 Å². The predicted octanol–water partition coefficient (Wildman–Crippen LogP) is 3.00. The number of nitrogens with one attached hydrogen (secondary N) is 1. The molecule has 2 aromatic rings. The minimum Gasteiger partial charge on any atom is -0.493 e.